The summed E-state index contributed by atoms with van der Waals surface area (Å²) in [4.78, 5) is 22.3. The zero-order chi connectivity index (χ0) is 18.9. The standard InChI is InChI=1S/C18H19N5O3S/c1-22-9-14-13-4-12(27(19,25)26)6-21-17(13)23(7-10-2-3-10)8-11-5-20-16(15(11)14)18(22)24/h4-6,9-10,20H,2-3,7-8H2,1H3,(H2,19,25,26). The van der Waals surface area contributed by atoms with Crippen LogP contribution in [0, 0.1) is 5.92 Å². The van der Waals surface area contributed by atoms with Gasteiger partial charge < -0.3 is 14.5 Å². The zero-order valence-electron chi connectivity index (χ0n) is 14.8. The Morgan fingerprint density at radius 1 is 1.33 bits per heavy atom. The monoisotopic (exact) mass is 385 g/mol. The second-order valence-corrected chi connectivity index (χ2v) is 9.00. The summed E-state index contributed by atoms with van der Waals surface area (Å²) in [5.41, 5.74) is 2.88. The van der Waals surface area contributed by atoms with Crippen LogP contribution in [0.25, 0.3) is 22.0 Å². The van der Waals surface area contributed by atoms with Gasteiger partial charge in [-0.25, -0.2) is 18.5 Å². The number of fused-ring (bicyclic) bond motifs is 2. The summed E-state index contributed by atoms with van der Waals surface area (Å²) in [6.45, 7) is 1.47. The van der Waals surface area contributed by atoms with Crippen molar-refractivity contribution in [2.75, 3.05) is 11.4 Å². The van der Waals surface area contributed by atoms with Gasteiger partial charge in [0.1, 0.15) is 16.2 Å². The summed E-state index contributed by atoms with van der Waals surface area (Å²) in [6, 6.07) is 1.57. The number of aryl methyl sites for hydroxylation is 1. The van der Waals surface area contributed by atoms with E-state index >= 15 is 0 Å². The maximum atomic E-state index is 12.5. The molecule has 27 heavy (non-hydrogen) atoms. The zero-order valence-corrected chi connectivity index (χ0v) is 15.6. The molecule has 3 N–H and O–H groups in total. The van der Waals surface area contributed by atoms with Gasteiger partial charge in [0.15, 0.2) is 0 Å². The normalized spacial score (nSPS) is 16.4. The first-order chi connectivity index (χ1) is 12.8. The highest BCUT2D eigenvalue weighted by molar-refractivity contribution is 7.89. The molecule has 3 aromatic rings. The molecule has 2 aliphatic rings. The molecule has 0 radical (unpaired) electrons. The largest absolute Gasteiger partial charge is 0.356 e. The van der Waals surface area contributed by atoms with E-state index in [1.807, 2.05) is 6.20 Å². The number of H-pyrrole nitrogens is 1. The maximum absolute atomic E-state index is 12.5. The van der Waals surface area contributed by atoms with Crippen LogP contribution in [-0.4, -0.2) is 29.5 Å². The minimum atomic E-state index is -3.89. The number of anilines is 1. The number of sulfonamides is 1. The molecular formula is C18H19N5O3S. The molecule has 1 aliphatic heterocycles. The van der Waals surface area contributed by atoms with Gasteiger partial charge in [0.05, 0.1) is 0 Å². The quantitative estimate of drug-likeness (QED) is 0.705. The lowest BCUT2D eigenvalue weighted by Gasteiger charge is -2.24. The molecule has 140 valence electrons. The first kappa shape index (κ1) is 16.5. The number of aromatic nitrogens is 3. The van der Waals surface area contributed by atoms with Crippen molar-refractivity contribution in [1.82, 2.24) is 14.5 Å². The average molecular weight is 385 g/mol. The molecule has 0 saturated heterocycles. The molecule has 1 fully saturated rings. The van der Waals surface area contributed by atoms with Gasteiger partial charge in [0, 0.05) is 55.2 Å². The van der Waals surface area contributed by atoms with Gasteiger partial charge in [0.25, 0.3) is 5.56 Å². The van der Waals surface area contributed by atoms with Crippen LogP contribution in [0.5, 0.6) is 0 Å². The molecule has 3 aromatic heterocycles. The van der Waals surface area contributed by atoms with E-state index in [1.54, 1.807) is 19.3 Å². The Hall–Kier alpha value is -2.65. The van der Waals surface area contributed by atoms with E-state index in [2.05, 4.69) is 14.9 Å². The third-order valence-corrected chi connectivity index (χ3v) is 6.27. The van der Waals surface area contributed by atoms with E-state index in [0.717, 1.165) is 28.9 Å². The lowest BCUT2D eigenvalue weighted by Crippen LogP contribution is -2.26. The van der Waals surface area contributed by atoms with Crippen molar-refractivity contribution in [2.24, 2.45) is 18.1 Å². The molecule has 1 aliphatic carbocycles. The van der Waals surface area contributed by atoms with Crippen molar-refractivity contribution in [2.45, 2.75) is 24.3 Å². The van der Waals surface area contributed by atoms with Crippen molar-refractivity contribution in [3.63, 3.8) is 0 Å². The minimum absolute atomic E-state index is 0.0337. The number of hydrogen-bond acceptors (Lipinski definition) is 5. The maximum Gasteiger partial charge on any atom is 0.274 e. The van der Waals surface area contributed by atoms with Crippen molar-refractivity contribution in [3.8, 4) is 11.1 Å². The molecule has 9 heteroatoms. The van der Waals surface area contributed by atoms with Crippen LogP contribution >= 0.6 is 0 Å². The van der Waals surface area contributed by atoms with Crippen LogP contribution in [0.15, 0.2) is 34.3 Å². The lowest BCUT2D eigenvalue weighted by atomic mass is 10.0. The van der Waals surface area contributed by atoms with E-state index in [9.17, 15) is 13.2 Å². The van der Waals surface area contributed by atoms with Gasteiger partial charge in [-0.1, -0.05) is 0 Å². The third kappa shape index (κ3) is 2.57. The van der Waals surface area contributed by atoms with Gasteiger partial charge in [-0.3, -0.25) is 4.79 Å². The second kappa shape index (κ2) is 5.43. The lowest BCUT2D eigenvalue weighted by molar-refractivity contribution is 0.597. The molecule has 8 nitrogen and oxygen atoms in total. The average Bonchev–Trinajstić information content (AvgIpc) is 3.35. The molecule has 5 rings (SSSR count). The number of pyridine rings is 2. The van der Waals surface area contributed by atoms with Crippen LogP contribution in [-0.2, 0) is 23.6 Å². The fraction of sp³-hybridized carbons (Fsp3) is 0.333. The predicted molar refractivity (Wildman–Crippen MR) is 102 cm³/mol. The molecule has 0 aromatic carbocycles. The molecule has 0 spiro atoms. The van der Waals surface area contributed by atoms with Gasteiger partial charge >= 0.3 is 0 Å². The fourth-order valence-electron chi connectivity index (χ4n) is 3.85. The van der Waals surface area contributed by atoms with Crippen molar-refractivity contribution < 1.29 is 8.42 Å². The van der Waals surface area contributed by atoms with Crippen molar-refractivity contribution in [3.05, 3.63) is 40.6 Å². The van der Waals surface area contributed by atoms with Crippen LogP contribution in [0.4, 0.5) is 5.82 Å². The third-order valence-electron chi connectivity index (χ3n) is 5.38. The highest BCUT2D eigenvalue weighted by atomic mass is 32.2. The molecule has 0 amide bonds. The van der Waals surface area contributed by atoms with Gasteiger partial charge in [-0.05, 0) is 30.4 Å². The Balaban J connectivity index is 1.85. The fourth-order valence-corrected chi connectivity index (χ4v) is 4.33. The van der Waals surface area contributed by atoms with Crippen molar-refractivity contribution >= 4 is 26.7 Å². The topological polar surface area (TPSA) is 114 Å². The molecule has 0 unspecified atom stereocenters. The molecule has 1 saturated carbocycles. The van der Waals surface area contributed by atoms with E-state index in [-0.39, 0.29) is 10.5 Å². The number of hydrogen-bond donors (Lipinski definition) is 2. The van der Waals surface area contributed by atoms with Crippen LogP contribution in [0.2, 0.25) is 0 Å². The summed E-state index contributed by atoms with van der Waals surface area (Å²) in [5, 5.41) is 6.16. The number of nitrogens with zero attached hydrogens (tertiary/aromatic N) is 3. The van der Waals surface area contributed by atoms with E-state index in [0.29, 0.717) is 23.5 Å². The van der Waals surface area contributed by atoms with Gasteiger partial charge in [-0.2, -0.15) is 0 Å². The minimum Gasteiger partial charge on any atom is -0.356 e. The van der Waals surface area contributed by atoms with E-state index in [1.165, 1.54) is 23.6 Å². The van der Waals surface area contributed by atoms with Crippen LogP contribution in [0.3, 0.4) is 0 Å². The first-order valence-electron chi connectivity index (χ1n) is 8.80. The smallest absolute Gasteiger partial charge is 0.274 e. The summed E-state index contributed by atoms with van der Waals surface area (Å²) in [5.74, 6) is 1.35. The predicted octanol–water partition coefficient (Wildman–Crippen LogP) is 1.31. The second-order valence-electron chi connectivity index (χ2n) is 7.43. The number of rotatable bonds is 3. The number of primary sulfonamides is 1. The highest BCUT2D eigenvalue weighted by Crippen LogP contribution is 2.41. The first-order valence-corrected chi connectivity index (χ1v) is 10.4. The molecular weight excluding hydrogens is 366 g/mol. The Morgan fingerprint density at radius 3 is 2.81 bits per heavy atom. The van der Waals surface area contributed by atoms with Crippen LogP contribution in [0.1, 0.15) is 18.4 Å². The van der Waals surface area contributed by atoms with E-state index < -0.39 is 10.0 Å². The van der Waals surface area contributed by atoms with Gasteiger partial charge in [0.2, 0.25) is 10.0 Å². The Bertz CT molecular complexity index is 1250. The van der Waals surface area contributed by atoms with E-state index in [4.69, 9.17) is 5.14 Å². The Kier molecular flexibility index (Phi) is 3.32. The summed E-state index contributed by atoms with van der Waals surface area (Å²) < 4.78 is 25.3. The highest BCUT2D eigenvalue weighted by Gasteiger charge is 2.31. The number of aromatic amines is 1. The molecule has 4 heterocycles. The Morgan fingerprint density at radius 2 is 2.11 bits per heavy atom. The SMILES string of the molecule is Cn1cc2c3c(c[nH]c3c1=O)CN(CC1CC1)c1ncc(S(N)(=O)=O)cc1-2. The number of nitrogens with one attached hydrogen (secondary N) is 1. The van der Waals surface area contributed by atoms with Gasteiger partial charge in [-0.15, -0.1) is 0 Å². The van der Waals surface area contributed by atoms with Crippen molar-refractivity contribution in [1.29, 1.82) is 0 Å². The summed E-state index contributed by atoms with van der Waals surface area (Å²) in [6.07, 6.45) is 7.31. The van der Waals surface area contributed by atoms with Crippen LogP contribution < -0.4 is 15.6 Å². The number of nitrogens with two attached hydrogens (primary N) is 1. The summed E-state index contributed by atoms with van der Waals surface area (Å²) >= 11 is 0. The molecule has 0 atom stereocenters. The Labute approximate surface area is 155 Å². The summed E-state index contributed by atoms with van der Waals surface area (Å²) in [7, 11) is -2.20. The molecule has 0 bridgehead atoms.